The second-order valence-electron chi connectivity index (χ2n) is 6.61. The van der Waals surface area contributed by atoms with Crippen LogP contribution in [0.5, 0.6) is 11.5 Å². The standard InChI is InChI=1S/C23H20BrFN2O5/c1-2-30-22-12-18(13-26-32-15-17-4-3-5-20(10-17)27(28)29)11-21(24)23(22)31-14-16-6-8-19(25)9-7-16/h3-13H,2,14-15H2,1H3/b26-13-. The van der Waals surface area contributed by atoms with Gasteiger partial charge in [0.1, 0.15) is 19.0 Å². The number of benzene rings is 3. The van der Waals surface area contributed by atoms with Crippen molar-refractivity contribution in [1.29, 1.82) is 0 Å². The first-order chi connectivity index (χ1) is 15.5. The molecule has 0 bridgehead atoms. The lowest BCUT2D eigenvalue weighted by Crippen LogP contribution is -2.01. The average Bonchev–Trinajstić information content (AvgIpc) is 2.78. The van der Waals surface area contributed by atoms with Crippen LogP contribution in [0.4, 0.5) is 10.1 Å². The molecule has 0 radical (unpaired) electrons. The Labute approximate surface area is 192 Å². The number of nitro groups is 1. The minimum Gasteiger partial charge on any atom is -0.490 e. The van der Waals surface area contributed by atoms with E-state index in [2.05, 4.69) is 21.1 Å². The van der Waals surface area contributed by atoms with Gasteiger partial charge in [-0.2, -0.15) is 0 Å². The van der Waals surface area contributed by atoms with Crippen molar-refractivity contribution in [3.05, 3.63) is 97.8 Å². The van der Waals surface area contributed by atoms with Gasteiger partial charge in [-0.05, 0) is 58.2 Å². The third kappa shape index (κ3) is 6.52. The van der Waals surface area contributed by atoms with Crippen molar-refractivity contribution in [1.82, 2.24) is 0 Å². The van der Waals surface area contributed by atoms with Crippen LogP contribution in [0.1, 0.15) is 23.6 Å². The summed E-state index contributed by atoms with van der Waals surface area (Å²) < 4.78 is 25.3. The summed E-state index contributed by atoms with van der Waals surface area (Å²) >= 11 is 3.49. The van der Waals surface area contributed by atoms with E-state index in [1.54, 1.807) is 36.4 Å². The zero-order valence-corrected chi connectivity index (χ0v) is 18.7. The Bertz CT molecular complexity index is 1110. The Morgan fingerprint density at radius 2 is 1.84 bits per heavy atom. The molecular weight excluding hydrogens is 483 g/mol. The number of halogens is 2. The number of ether oxygens (including phenoxy) is 2. The summed E-state index contributed by atoms with van der Waals surface area (Å²) in [5.74, 6) is 0.733. The minimum absolute atomic E-state index is 0.00316. The molecule has 0 N–H and O–H groups in total. The number of hydrogen-bond acceptors (Lipinski definition) is 6. The summed E-state index contributed by atoms with van der Waals surface area (Å²) in [5, 5.41) is 14.8. The Hall–Kier alpha value is -3.46. The summed E-state index contributed by atoms with van der Waals surface area (Å²) in [7, 11) is 0. The number of nitro benzene ring substituents is 1. The lowest BCUT2D eigenvalue weighted by atomic mass is 10.2. The molecule has 0 aliphatic carbocycles. The fourth-order valence-electron chi connectivity index (χ4n) is 2.77. The second kappa shape index (κ2) is 11.2. The van der Waals surface area contributed by atoms with Gasteiger partial charge in [-0.3, -0.25) is 10.1 Å². The van der Waals surface area contributed by atoms with Crippen molar-refractivity contribution in [3.8, 4) is 11.5 Å². The van der Waals surface area contributed by atoms with E-state index in [4.69, 9.17) is 14.3 Å². The smallest absolute Gasteiger partial charge is 0.269 e. The number of non-ortho nitro benzene ring substituents is 1. The number of rotatable bonds is 10. The van der Waals surface area contributed by atoms with Gasteiger partial charge in [-0.15, -0.1) is 0 Å². The molecule has 0 atom stereocenters. The molecule has 0 unspecified atom stereocenters. The predicted octanol–water partition coefficient (Wildman–Crippen LogP) is 6.02. The molecule has 0 aliphatic heterocycles. The van der Waals surface area contributed by atoms with Gasteiger partial charge in [0.05, 0.1) is 22.2 Å². The van der Waals surface area contributed by atoms with E-state index >= 15 is 0 Å². The Morgan fingerprint density at radius 1 is 1.06 bits per heavy atom. The van der Waals surface area contributed by atoms with Crippen LogP contribution in [0.2, 0.25) is 0 Å². The monoisotopic (exact) mass is 502 g/mol. The Balaban J connectivity index is 1.67. The van der Waals surface area contributed by atoms with Crippen LogP contribution < -0.4 is 9.47 Å². The molecule has 166 valence electrons. The highest BCUT2D eigenvalue weighted by molar-refractivity contribution is 9.10. The van der Waals surface area contributed by atoms with E-state index in [1.165, 1.54) is 30.5 Å². The van der Waals surface area contributed by atoms with Gasteiger partial charge in [0.15, 0.2) is 11.5 Å². The molecule has 0 saturated heterocycles. The van der Waals surface area contributed by atoms with Crippen molar-refractivity contribution in [2.24, 2.45) is 5.16 Å². The molecule has 0 amide bonds. The second-order valence-corrected chi connectivity index (χ2v) is 7.47. The summed E-state index contributed by atoms with van der Waals surface area (Å²) in [5.41, 5.74) is 2.16. The van der Waals surface area contributed by atoms with Gasteiger partial charge in [-0.25, -0.2) is 4.39 Å². The fraction of sp³-hybridized carbons (Fsp3) is 0.174. The Kier molecular flexibility index (Phi) is 8.15. The van der Waals surface area contributed by atoms with Crippen molar-refractivity contribution in [2.75, 3.05) is 6.61 Å². The third-order valence-corrected chi connectivity index (χ3v) is 4.85. The molecule has 9 heteroatoms. The number of oxime groups is 1. The molecule has 0 spiro atoms. The summed E-state index contributed by atoms with van der Waals surface area (Å²) in [6.45, 7) is 2.64. The van der Waals surface area contributed by atoms with Crippen LogP contribution in [0, 0.1) is 15.9 Å². The van der Waals surface area contributed by atoms with Crippen LogP contribution in [0.25, 0.3) is 0 Å². The van der Waals surface area contributed by atoms with Gasteiger partial charge >= 0.3 is 0 Å². The van der Waals surface area contributed by atoms with Crippen LogP contribution in [-0.2, 0) is 18.1 Å². The quantitative estimate of drug-likeness (QED) is 0.192. The molecule has 0 aromatic heterocycles. The highest BCUT2D eigenvalue weighted by Crippen LogP contribution is 2.37. The molecule has 3 aromatic rings. The molecular formula is C23H20BrFN2O5. The van der Waals surface area contributed by atoms with Gasteiger partial charge in [0.25, 0.3) is 5.69 Å². The van der Waals surface area contributed by atoms with E-state index in [-0.39, 0.29) is 24.7 Å². The van der Waals surface area contributed by atoms with E-state index < -0.39 is 4.92 Å². The van der Waals surface area contributed by atoms with Crippen molar-refractivity contribution < 1.29 is 23.6 Å². The van der Waals surface area contributed by atoms with Crippen molar-refractivity contribution >= 4 is 27.8 Å². The lowest BCUT2D eigenvalue weighted by Gasteiger charge is -2.14. The molecule has 3 rings (SSSR count). The van der Waals surface area contributed by atoms with Gasteiger partial charge in [0, 0.05) is 17.7 Å². The SMILES string of the molecule is CCOc1cc(/C=N\OCc2cccc([N+](=O)[O-])c2)cc(Br)c1OCc1ccc(F)cc1. The van der Waals surface area contributed by atoms with Gasteiger partial charge in [0.2, 0.25) is 0 Å². The van der Waals surface area contributed by atoms with Crippen molar-refractivity contribution in [3.63, 3.8) is 0 Å². The predicted molar refractivity (Wildman–Crippen MR) is 122 cm³/mol. The van der Waals surface area contributed by atoms with Gasteiger partial charge in [-0.1, -0.05) is 29.4 Å². The topological polar surface area (TPSA) is 83.2 Å². The average molecular weight is 503 g/mol. The normalized spacial score (nSPS) is 10.8. The largest absolute Gasteiger partial charge is 0.490 e. The van der Waals surface area contributed by atoms with Crippen LogP contribution in [0.15, 0.2) is 70.3 Å². The van der Waals surface area contributed by atoms with E-state index in [0.717, 1.165) is 5.56 Å². The molecule has 0 fully saturated rings. The minimum atomic E-state index is -0.459. The maximum absolute atomic E-state index is 13.1. The highest BCUT2D eigenvalue weighted by atomic mass is 79.9. The number of nitrogens with zero attached hydrogens (tertiary/aromatic N) is 2. The van der Waals surface area contributed by atoms with Crippen molar-refractivity contribution in [2.45, 2.75) is 20.1 Å². The number of hydrogen-bond donors (Lipinski definition) is 0. The first-order valence-electron chi connectivity index (χ1n) is 9.68. The van der Waals surface area contributed by atoms with Gasteiger partial charge < -0.3 is 14.3 Å². The molecule has 32 heavy (non-hydrogen) atoms. The maximum Gasteiger partial charge on any atom is 0.269 e. The van der Waals surface area contributed by atoms with E-state index in [1.807, 2.05) is 6.92 Å². The van der Waals surface area contributed by atoms with Crippen LogP contribution >= 0.6 is 15.9 Å². The first kappa shape index (κ1) is 23.2. The molecule has 0 aliphatic rings. The Morgan fingerprint density at radius 3 is 2.56 bits per heavy atom. The third-order valence-electron chi connectivity index (χ3n) is 4.26. The maximum atomic E-state index is 13.1. The lowest BCUT2D eigenvalue weighted by molar-refractivity contribution is -0.384. The fourth-order valence-corrected chi connectivity index (χ4v) is 3.35. The zero-order chi connectivity index (χ0) is 22.9. The van der Waals surface area contributed by atoms with Crippen LogP contribution in [0.3, 0.4) is 0 Å². The molecule has 0 saturated carbocycles. The molecule has 3 aromatic carbocycles. The summed E-state index contributed by atoms with van der Waals surface area (Å²) in [6.07, 6.45) is 1.51. The highest BCUT2D eigenvalue weighted by Gasteiger charge is 2.12. The summed E-state index contributed by atoms with van der Waals surface area (Å²) in [6, 6.07) is 15.8. The zero-order valence-electron chi connectivity index (χ0n) is 17.2. The van der Waals surface area contributed by atoms with E-state index in [0.29, 0.717) is 33.7 Å². The first-order valence-corrected chi connectivity index (χ1v) is 10.5. The van der Waals surface area contributed by atoms with Crippen LogP contribution in [-0.4, -0.2) is 17.7 Å². The summed E-state index contributed by atoms with van der Waals surface area (Å²) in [4.78, 5) is 15.7. The molecule has 0 heterocycles. The van der Waals surface area contributed by atoms with E-state index in [9.17, 15) is 14.5 Å². The molecule has 7 nitrogen and oxygen atoms in total.